The van der Waals surface area contributed by atoms with Gasteiger partial charge < -0.3 is 5.32 Å². The minimum atomic E-state index is 0.660. The minimum absolute atomic E-state index is 0.660. The van der Waals surface area contributed by atoms with E-state index in [9.17, 15) is 0 Å². The highest BCUT2D eigenvalue weighted by atomic mass is 79.9. The van der Waals surface area contributed by atoms with E-state index >= 15 is 0 Å². The first-order chi connectivity index (χ1) is 8.63. The first kappa shape index (κ1) is 15.7. The Morgan fingerprint density at radius 2 is 2.06 bits per heavy atom. The van der Waals surface area contributed by atoms with Gasteiger partial charge in [-0.15, -0.1) is 0 Å². The Labute approximate surface area is 119 Å². The van der Waals surface area contributed by atoms with E-state index in [1.807, 2.05) is 0 Å². The number of halogens is 1. The van der Waals surface area contributed by atoms with E-state index in [4.69, 9.17) is 0 Å². The topological polar surface area (TPSA) is 29.9 Å². The lowest BCUT2D eigenvalue weighted by Crippen LogP contribution is -2.28. The molecule has 0 aliphatic rings. The molecule has 4 heteroatoms. The van der Waals surface area contributed by atoms with Gasteiger partial charge in [0.2, 0.25) is 0 Å². The molecule has 0 saturated heterocycles. The fourth-order valence-electron chi connectivity index (χ4n) is 2.36. The molecule has 104 valence electrons. The molecule has 0 aliphatic heterocycles. The molecule has 1 N–H and O–H groups in total. The third-order valence-electron chi connectivity index (χ3n) is 3.40. The lowest BCUT2D eigenvalue weighted by Gasteiger charge is -2.15. The normalized spacial score (nSPS) is 12.9. The molecule has 1 rings (SSSR count). The van der Waals surface area contributed by atoms with Gasteiger partial charge in [-0.25, -0.2) is 0 Å². The van der Waals surface area contributed by atoms with Crippen molar-refractivity contribution in [2.75, 3.05) is 6.54 Å². The standard InChI is InChI=1S/C14H26BrN3/c1-5-12(16-6-2)9-8-10-13-14(15)11(4)17-18(13)7-3/h12,16H,5-10H2,1-4H3. The Hall–Kier alpha value is -0.350. The fraction of sp³-hybridized carbons (Fsp3) is 0.786. The smallest absolute Gasteiger partial charge is 0.0738 e. The summed E-state index contributed by atoms with van der Waals surface area (Å²) in [5.41, 5.74) is 2.45. The average Bonchev–Trinajstić information content (AvgIpc) is 2.65. The molecular formula is C14H26BrN3. The van der Waals surface area contributed by atoms with Gasteiger partial charge in [-0.2, -0.15) is 5.10 Å². The van der Waals surface area contributed by atoms with Crippen molar-refractivity contribution >= 4 is 15.9 Å². The molecular weight excluding hydrogens is 290 g/mol. The number of hydrogen-bond donors (Lipinski definition) is 1. The van der Waals surface area contributed by atoms with Crippen LogP contribution in [-0.2, 0) is 13.0 Å². The molecule has 0 aromatic carbocycles. The predicted molar refractivity (Wildman–Crippen MR) is 81.0 cm³/mol. The summed E-state index contributed by atoms with van der Waals surface area (Å²) in [6.07, 6.45) is 4.78. The van der Waals surface area contributed by atoms with Gasteiger partial charge in [-0.3, -0.25) is 4.68 Å². The molecule has 18 heavy (non-hydrogen) atoms. The third-order valence-corrected chi connectivity index (χ3v) is 4.44. The molecule has 0 spiro atoms. The first-order valence-corrected chi connectivity index (χ1v) is 7.88. The Bertz CT molecular complexity index is 360. The highest BCUT2D eigenvalue weighted by Gasteiger charge is 2.12. The minimum Gasteiger partial charge on any atom is -0.314 e. The SMILES string of the molecule is CCNC(CC)CCCc1c(Br)c(C)nn1CC. The van der Waals surface area contributed by atoms with Crippen molar-refractivity contribution in [2.24, 2.45) is 0 Å². The number of rotatable bonds is 8. The zero-order chi connectivity index (χ0) is 13.5. The lowest BCUT2D eigenvalue weighted by molar-refractivity contribution is 0.462. The van der Waals surface area contributed by atoms with Crippen LogP contribution in [0.25, 0.3) is 0 Å². The number of nitrogens with one attached hydrogen (secondary N) is 1. The van der Waals surface area contributed by atoms with Crippen molar-refractivity contribution in [3.63, 3.8) is 0 Å². The van der Waals surface area contributed by atoms with Gasteiger partial charge in [-0.05, 0) is 62.0 Å². The highest BCUT2D eigenvalue weighted by molar-refractivity contribution is 9.10. The Morgan fingerprint density at radius 3 is 2.61 bits per heavy atom. The molecule has 1 aromatic rings. The highest BCUT2D eigenvalue weighted by Crippen LogP contribution is 2.23. The second-order valence-electron chi connectivity index (χ2n) is 4.72. The van der Waals surface area contributed by atoms with Gasteiger partial charge in [0.05, 0.1) is 15.9 Å². The molecule has 0 fully saturated rings. The molecule has 1 unspecified atom stereocenters. The number of nitrogens with zero attached hydrogens (tertiary/aromatic N) is 2. The summed E-state index contributed by atoms with van der Waals surface area (Å²) in [5, 5.41) is 8.07. The van der Waals surface area contributed by atoms with Crippen molar-refractivity contribution in [1.29, 1.82) is 0 Å². The summed E-state index contributed by atoms with van der Waals surface area (Å²) in [6, 6.07) is 0.660. The molecule has 0 radical (unpaired) electrons. The average molecular weight is 316 g/mol. The van der Waals surface area contributed by atoms with Crippen molar-refractivity contribution in [1.82, 2.24) is 15.1 Å². The molecule has 1 atom stereocenters. The Balaban J connectivity index is 2.52. The third kappa shape index (κ3) is 4.09. The van der Waals surface area contributed by atoms with E-state index in [-0.39, 0.29) is 0 Å². The van der Waals surface area contributed by atoms with Crippen LogP contribution >= 0.6 is 15.9 Å². The van der Waals surface area contributed by atoms with Gasteiger partial charge in [0.1, 0.15) is 0 Å². The maximum atomic E-state index is 4.54. The fourth-order valence-corrected chi connectivity index (χ4v) is 2.85. The first-order valence-electron chi connectivity index (χ1n) is 7.09. The molecule has 0 amide bonds. The maximum Gasteiger partial charge on any atom is 0.0738 e. The number of aryl methyl sites for hydroxylation is 2. The van der Waals surface area contributed by atoms with Crippen LogP contribution in [0.4, 0.5) is 0 Å². The van der Waals surface area contributed by atoms with E-state index < -0.39 is 0 Å². The van der Waals surface area contributed by atoms with E-state index in [0.29, 0.717) is 6.04 Å². The summed E-state index contributed by atoms with van der Waals surface area (Å²) in [6.45, 7) is 10.7. The number of aromatic nitrogens is 2. The van der Waals surface area contributed by atoms with Crippen LogP contribution in [0.1, 0.15) is 51.4 Å². The zero-order valence-electron chi connectivity index (χ0n) is 12.1. The predicted octanol–water partition coefficient (Wildman–Crippen LogP) is 3.68. The monoisotopic (exact) mass is 315 g/mol. The van der Waals surface area contributed by atoms with Crippen molar-refractivity contribution in [3.8, 4) is 0 Å². The largest absolute Gasteiger partial charge is 0.314 e. The van der Waals surface area contributed by atoms with Crippen LogP contribution in [-0.4, -0.2) is 22.4 Å². The summed E-state index contributed by atoms with van der Waals surface area (Å²) in [7, 11) is 0. The maximum absolute atomic E-state index is 4.54. The summed E-state index contributed by atoms with van der Waals surface area (Å²) < 4.78 is 3.31. The Morgan fingerprint density at radius 1 is 1.33 bits per heavy atom. The Kier molecular flexibility index (Phi) is 6.94. The summed E-state index contributed by atoms with van der Waals surface area (Å²) >= 11 is 3.66. The van der Waals surface area contributed by atoms with E-state index in [1.54, 1.807) is 0 Å². The van der Waals surface area contributed by atoms with Crippen LogP contribution in [0.5, 0.6) is 0 Å². The lowest BCUT2D eigenvalue weighted by atomic mass is 10.1. The molecule has 0 saturated carbocycles. The van der Waals surface area contributed by atoms with Gasteiger partial charge in [0.25, 0.3) is 0 Å². The van der Waals surface area contributed by atoms with Crippen LogP contribution in [0.3, 0.4) is 0 Å². The van der Waals surface area contributed by atoms with Gasteiger partial charge in [0.15, 0.2) is 0 Å². The van der Waals surface area contributed by atoms with E-state index in [2.05, 4.69) is 58.7 Å². The van der Waals surface area contributed by atoms with Crippen LogP contribution in [0, 0.1) is 6.92 Å². The quantitative estimate of drug-likeness (QED) is 0.793. The van der Waals surface area contributed by atoms with Crippen LogP contribution < -0.4 is 5.32 Å². The van der Waals surface area contributed by atoms with E-state index in [0.717, 1.165) is 25.2 Å². The number of hydrogen-bond acceptors (Lipinski definition) is 2. The van der Waals surface area contributed by atoms with Gasteiger partial charge in [-0.1, -0.05) is 13.8 Å². The van der Waals surface area contributed by atoms with Crippen molar-refractivity contribution < 1.29 is 0 Å². The van der Waals surface area contributed by atoms with Crippen molar-refractivity contribution in [3.05, 3.63) is 15.9 Å². The summed E-state index contributed by atoms with van der Waals surface area (Å²) in [5.74, 6) is 0. The molecule has 3 nitrogen and oxygen atoms in total. The van der Waals surface area contributed by atoms with Crippen LogP contribution in [0.2, 0.25) is 0 Å². The zero-order valence-corrected chi connectivity index (χ0v) is 13.7. The van der Waals surface area contributed by atoms with Gasteiger partial charge in [0, 0.05) is 12.6 Å². The second-order valence-corrected chi connectivity index (χ2v) is 5.51. The molecule has 0 bridgehead atoms. The van der Waals surface area contributed by atoms with Crippen molar-refractivity contribution in [2.45, 2.75) is 66.0 Å². The molecule has 1 heterocycles. The van der Waals surface area contributed by atoms with E-state index in [1.165, 1.54) is 29.4 Å². The van der Waals surface area contributed by atoms with Gasteiger partial charge >= 0.3 is 0 Å². The second kappa shape index (κ2) is 7.95. The van der Waals surface area contributed by atoms with Crippen LogP contribution in [0.15, 0.2) is 4.47 Å². The summed E-state index contributed by atoms with van der Waals surface area (Å²) in [4.78, 5) is 0. The molecule has 1 aromatic heterocycles. The molecule has 0 aliphatic carbocycles.